The first-order valence-corrected chi connectivity index (χ1v) is 12.5. The molecular weight excluding hydrogens is 450 g/mol. The van der Waals surface area contributed by atoms with Crippen LogP contribution in [0.1, 0.15) is 28.8 Å². The number of pyridine rings is 2. The number of amides is 1. The Kier molecular flexibility index (Phi) is 5.57. The van der Waals surface area contributed by atoms with Crippen molar-refractivity contribution in [3.8, 4) is 11.3 Å². The fraction of sp³-hybridized carbons (Fsp3) is 0.276. The van der Waals surface area contributed by atoms with E-state index in [1.165, 1.54) is 12.8 Å². The minimum atomic E-state index is -0.340. The van der Waals surface area contributed by atoms with Crippen LogP contribution in [0.2, 0.25) is 0 Å². The summed E-state index contributed by atoms with van der Waals surface area (Å²) in [7, 11) is 1.90. The average Bonchev–Trinajstić information content (AvgIpc) is 3.51. The highest BCUT2D eigenvalue weighted by Crippen LogP contribution is 2.27. The van der Waals surface area contributed by atoms with Gasteiger partial charge in [-0.1, -0.05) is 35.9 Å². The second-order valence-electron chi connectivity index (χ2n) is 9.65. The number of benzene rings is 2. The van der Waals surface area contributed by atoms with E-state index < -0.39 is 0 Å². The smallest absolute Gasteiger partial charge is 0.259 e. The van der Waals surface area contributed by atoms with Gasteiger partial charge in [0.2, 0.25) is 5.43 Å². The molecule has 0 unspecified atom stereocenters. The van der Waals surface area contributed by atoms with Gasteiger partial charge < -0.3 is 14.8 Å². The van der Waals surface area contributed by atoms with Crippen LogP contribution in [-0.4, -0.2) is 50.9 Å². The molecule has 1 amide bonds. The minimum Gasteiger partial charge on any atom is -0.351 e. The van der Waals surface area contributed by atoms with Crippen LogP contribution in [0.5, 0.6) is 0 Å². The zero-order chi connectivity index (χ0) is 24.8. The highest BCUT2D eigenvalue weighted by Gasteiger charge is 2.24. The number of nitrogens with one attached hydrogen (secondary N) is 1. The van der Waals surface area contributed by atoms with E-state index in [9.17, 15) is 9.59 Å². The molecule has 2 aromatic carbocycles. The summed E-state index contributed by atoms with van der Waals surface area (Å²) in [6.45, 7) is 5.48. The standard InChI is InChI=1S/C29H29N5O2/c1-19-8-7-9-20(18-19)22-13-12-21-26(35)25(28(36)30-14-17-33-15-5-6-16-33)29-32(2)23-10-3-4-11-24(23)34(29)27(21)31-22/h3-4,7-13,18H,5-6,14-17H2,1-2H3,(H,30,36). The molecule has 7 heteroatoms. The molecule has 6 rings (SSSR count). The van der Waals surface area contributed by atoms with Crippen LogP contribution in [0, 0.1) is 6.92 Å². The molecule has 7 nitrogen and oxygen atoms in total. The summed E-state index contributed by atoms with van der Waals surface area (Å²) in [6, 6.07) is 19.8. The monoisotopic (exact) mass is 479 g/mol. The Balaban J connectivity index is 1.55. The van der Waals surface area contributed by atoms with Gasteiger partial charge in [0.25, 0.3) is 5.91 Å². The number of nitrogens with zero attached hydrogens (tertiary/aromatic N) is 4. The van der Waals surface area contributed by atoms with Gasteiger partial charge in [-0.25, -0.2) is 4.98 Å². The number of likely N-dealkylation sites (tertiary alicyclic amines) is 1. The molecule has 1 aliphatic rings. The van der Waals surface area contributed by atoms with Crippen LogP contribution in [-0.2, 0) is 7.05 Å². The van der Waals surface area contributed by atoms with Crippen LogP contribution < -0.4 is 10.7 Å². The predicted molar refractivity (Wildman–Crippen MR) is 144 cm³/mol. The summed E-state index contributed by atoms with van der Waals surface area (Å²) in [5.74, 6) is -0.340. The summed E-state index contributed by atoms with van der Waals surface area (Å²) in [4.78, 5) is 34.6. The lowest BCUT2D eigenvalue weighted by atomic mass is 10.1. The summed E-state index contributed by atoms with van der Waals surface area (Å²) in [5.41, 5.74) is 5.73. The van der Waals surface area contributed by atoms with E-state index in [0.29, 0.717) is 23.2 Å². The van der Waals surface area contributed by atoms with E-state index in [4.69, 9.17) is 4.98 Å². The Morgan fingerprint density at radius 1 is 1.00 bits per heavy atom. The molecule has 1 saturated heterocycles. The summed E-state index contributed by atoms with van der Waals surface area (Å²) in [6.07, 6.45) is 2.40. The Morgan fingerprint density at radius 2 is 1.78 bits per heavy atom. The van der Waals surface area contributed by atoms with Gasteiger partial charge in [-0.3, -0.25) is 14.0 Å². The third-order valence-corrected chi connectivity index (χ3v) is 7.25. The molecule has 3 aromatic heterocycles. The minimum absolute atomic E-state index is 0.160. The van der Waals surface area contributed by atoms with E-state index in [0.717, 1.165) is 47.5 Å². The Bertz CT molecular complexity index is 1690. The molecule has 4 heterocycles. The number of imidazole rings is 1. The fourth-order valence-electron chi connectivity index (χ4n) is 5.43. The molecule has 1 fully saturated rings. The number of para-hydroxylation sites is 2. The maximum atomic E-state index is 13.8. The number of rotatable bonds is 5. The van der Waals surface area contributed by atoms with Crippen molar-refractivity contribution in [3.63, 3.8) is 0 Å². The van der Waals surface area contributed by atoms with E-state index >= 15 is 0 Å². The number of hydrogen-bond donors (Lipinski definition) is 1. The number of carbonyl (C=O) groups excluding carboxylic acids is 1. The average molecular weight is 480 g/mol. The molecule has 1 N–H and O–H groups in total. The predicted octanol–water partition coefficient (Wildman–Crippen LogP) is 4.14. The molecule has 0 aliphatic carbocycles. The fourth-order valence-corrected chi connectivity index (χ4v) is 5.43. The van der Waals surface area contributed by atoms with Crippen molar-refractivity contribution in [2.24, 2.45) is 7.05 Å². The Morgan fingerprint density at radius 3 is 2.56 bits per heavy atom. The van der Waals surface area contributed by atoms with Gasteiger partial charge >= 0.3 is 0 Å². The Labute approximate surface area is 209 Å². The molecule has 0 radical (unpaired) electrons. The third kappa shape index (κ3) is 3.67. The lowest BCUT2D eigenvalue weighted by Gasteiger charge is -2.15. The van der Waals surface area contributed by atoms with Gasteiger partial charge in [-0.2, -0.15) is 0 Å². The number of fused-ring (bicyclic) bond motifs is 5. The van der Waals surface area contributed by atoms with Gasteiger partial charge in [-0.05, 0) is 63.2 Å². The van der Waals surface area contributed by atoms with Crippen molar-refractivity contribution in [1.29, 1.82) is 0 Å². The lowest BCUT2D eigenvalue weighted by Crippen LogP contribution is -2.36. The first-order chi connectivity index (χ1) is 17.5. The zero-order valence-electron chi connectivity index (χ0n) is 20.6. The topological polar surface area (TPSA) is 71.6 Å². The lowest BCUT2D eigenvalue weighted by molar-refractivity contribution is 0.0950. The molecule has 0 atom stereocenters. The number of aryl methyl sites for hydroxylation is 2. The largest absolute Gasteiger partial charge is 0.351 e. The highest BCUT2D eigenvalue weighted by atomic mass is 16.2. The van der Waals surface area contributed by atoms with Gasteiger partial charge in [0.1, 0.15) is 11.2 Å². The third-order valence-electron chi connectivity index (χ3n) is 7.25. The van der Waals surface area contributed by atoms with Crippen LogP contribution in [0.25, 0.3) is 39.0 Å². The van der Waals surface area contributed by atoms with Crippen LogP contribution in [0.3, 0.4) is 0 Å². The second-order valence-corrected chi connectivity index (χ2v) is 9.65. The van der Waals surface area contributed by atoms with Crippen molar-refractivity contribution in [2.45, 2.75) is 19.8 Å². The maximum absolute atomic E-state index is 13.8. The van der Waals surface area contributed by atoms with Crippen LogP contribution in [0.4, 0.5) is 0 Å². The Hall–Kier alpha value is -3.97. The van der Waals surface area contributed by atoms with Gasteiger partial charge in [-0.15, -0.1) is 0 Å². The second kappa shape index (κ2) is 8.91. The van der Waals surface area contributed by atoms with Gasteiger partial charge in [0, 0.05) is 25.7 Å². The molecule has 1 aliphatic heterocycles. The molecule has 0 bridgehead atoms. The molecule has 0 saturated carbocycles. The molecular formula is C29H29N5O2. The number of aromatic nitrogens is 3. The van der Waals surface area contributed by atoms with E-state index in [1.807, 2.05) is 71.5 Å². The van der Waals surface area contributed by atoms with Crippen molar-refractivity contribution in [2.75, 3.05) is 26.2 Å². The summed E-state index contributed by atoms with van der Waals surface area (Å²) >= 11 is 0. The van der Waals surface area contributed by atoms with Gasteiger partial charge in [0.05, 0.1) is 22.1 Å². The van der Waals surface area contributed by atoms with E-state index in [1.54, 1.807) is 6.07 Å². The van der Waals surface area contributed by atoms with Crippen LogP contribution >= 0.6 is 0 Å². The summed E-state index contributed by atoms with van der Waals surface area (Å²) in [5, 5.41) is 3.45. The first kappa shape index (κ1) is 22.5. The SMILES string of the molecule is Cc1cccc(-c2ccc3c(=O)c(C(=O)NCCN4CCCC4)c4n(C)c5ccccc5n4c3n2)c1. The molecule has 36 heavy (non-hydrogen) atoms. The quantitative estimate of drug-likeness (QED) is 0.411. The summed E-state index contributed by atoms with van der Waals surface area (Å²) < 4.78 is 3.88. The van der Waals surface area contributed by atoms with E-state index in [2.05, 4.69) is 16.3 Å². The highest BCUT2D eigenvalue weighted by molar-refractivity contribution is 6.06. The van der Waals surface area contributed by atoms with E-state index in [-0.39, 0.29) is 16.9 Å². The normalized spacial score (nSPS) is 14.3. The first-order valence-electron chi connectivity index (χ1n) is 12.5. The molecule has 5 aromatic rings. The van der Waals surface area contributed by atoms with Crippen LogP contribution in [0.15, 0.2) is 65.5 Å². The zero-order valence-corrected chi connectivity index (χ0v) is 20.6. The van der Waals surface area contributed by atoms with Crippen molar-refractivity contribution >= 4 is 33.6 Å². The maximum Gasteiger partial charge on any atom is 0.259 e. The van der Waals surface area contributed by atoms with Crippen molar-refractivity contribution < 1.29 is 4.79 Å². The van der Waals surface area contributed by atoms with Crippen molar-refractivity contribution in [1.82, 2.24) is 24.2 Å². The number of hydrogen-bond acceptors (Lipinski definition) is 4. The van der Waals surface area contributed by atoms with Gasteiger partial charge in [0.15, 0.2) is 5.65 Å². The molecule has 0 spiro atoms. The number of carbonyl (C=O) groups is 1. The van der Waals surface area contributed by atoms with Crippen molar-refractivity contribution in [3.05, 3.63) is 82.0 Å². The molecule has 182 valence electrons.